The maximum absolute atomic E-state index is 10.9. The van der Waals surface area contributed by atoms with Crippen LogP contribution in [0.2, 0.25) is 0 Å². The van der Waals surface area contributed by atoms with Crippen molar-refractivity contribution in [2.45, 2.75) is 13.8 Å². The van der Waals surface area contributed by atoms with Crippen LogP contribution >= 0.6 is 0 Å². The minimum absolute atomic E-state index is 0.00854. The quantitative estimate of drug-likeness (QED) is 0.623. The lowest BCUT2D eigenvalue weighted by atomic mass is 10.3. The van der Waals surface area contributed by atoms with Crippen molar-refractivity contribution in [3.63, 3.8) is 0 Å². The smallest absolute Gasteiger partial charge is 0.313 e. The van der Waals surface area contributed by atoms with Crippen LogP contribution in [0.1, 0.15) is 11.4 Å². The normalized spacial score (nSPS) is 10.5. The first-order valence-corrected chi connectivity index (χ1v) is 4.94. The van der Waals surface area contributed by atoms with Crippen LogP contribution in [0.5, 0.6) is 0 Å². The van der Waals surface area contributed by atoms with Crippen LogP contribution < -0.4 is 5.73 Å². The molecule has 88 valence electrons. The average molecular weight is 233 g/mol. The molecule has 7 nitrogen and oxygen atoms in total. The standard InChI is InChI=1S/C10H11N5O2/c1-6-10(15(16)17)7(2)14(13-6)9-5-3-4-8(11)12-9/h3-5H,1-2H3,(H2,11,12). The summed E-state index contributed by atoms with van der Waals surface area (Å²) < 4.78 is 1.42. The van der Waals surface area contributed by atoms with Gasteiger partial charge in [-0.15, -0.1) is 0 Å². The number of rotatable bonds is 2. The fourth-order valence-corrected chi connectivity index (χ4v) is 1.68. The Morgan fingerprint density at radius 3 is 2.65 bits per heavy atom. The number of aryl methyl sites for hydroxylation is 1. The fraction of sp³-hybridized carbons (Fsp3) is 0.200. The molecule has 0 spiro atoms. The highest BCUT2D eigenvalue weighted by Gasteiger charge is 2.22. The van der Waals surface area contributed by atoms with Crippen molar-refractivity contribution in [1.82, 2.24) is 14.8 Å². The van der Waals surface area contributed by atoms with Gasteiger partial charge in [0.15, 0.2) is 5.82 Å². The van der Waals surface area contributed by atoms with E-state index >= 15 is 0 Å². The summed E-state index contributed by atoms with van der Waals surface area (Å²) >= 11 is 0. The van der Waals surface area contributed by atoms with E-state index in [0.717, 1.165) is 0 Å². The van der Waals surface area contributed by atoms with Gasteiger partial charge in [-0.3, -0.25) is 10.1 Å². The number of nitrogen functional groups attached to an aromatic ring is 1. The molecule has 0 aliphatic carbocycles. The van der Waals surface area contributed by atoms with Gasteiger partial charge in [0.05, 0.1) is 4.92 Å². The van der Waals surface area contributed by atoms with Crippen molar-refractivity contribution >= 4 is 11.5 Å². The van der Waals surface area contributed by atoms with Crippen molar-refractivity contribution in [3.05, 3.63) is 39.7 Å². The second-order valence-electron chi connectivity index (χ2n) is 3.61. The van der Waals surface area contributed by atoms with Gasteiger partial charge >= 0.3 is 5.69 Å². The summed E-state index contributed by atoms with van der Waals surface area (Å²) in [5.74, 6) is 0.816. The molecule has 2 N–H and O–H groups in total. The van der Waals surface area contributed by atoms with Gasteiger partial charge in [-0.05, 0) is 26.0 Å². The molecule has 0 aromatic carbocycles. The number of nitro groups is 1. The summed E-state index contributed by atoms with van der Waals surface area (Å²) in [7, 11) is 0. The molecule has 0 radical (unpaired) electrons. The van der Waals surface area contributed by atoms with Crippen LogP contribution in [-0.2, 0) is 0 Å². The van der Waals surface area contributed by atoms with Gasteiger partial charge in [0.1, 0.15) is 17.2 Å². The molecular formula is C10H11N5O2. The molecule has 0 saturated carbocycles. The summed E-state index contributed by atoms with van der Waals surface area (Å²) in [4.78, 5) is 14.5. The Labute approximate surface area is 97.0 Å². The van der Waals surface area contributed by atoms with E-state index in [1.807, 2.05) is 0 Å². The van der Waals surface area contributed by atoms with E-state index < -0.39 is 4.92 Å². The van der Waals surface area contributed by atoms with Gasteiger partial charge in [-0.25, -0.2) is 9.67 Å². The van der Waals surface area contributed by atoms with E-state index in [2.05, 4.69) is 10.1 Å². The maximum Gasteiger partial charge on any atom is 0.313 e. The molecule has 0 amide bonds. The minimum Gasteiger partial charge on any atom is -0.384 e. The van der Waals surface area contributed by atoms with E-state index in [-0.39, 0.29) is 5.69 Å². The molecule has 7 heteroatoms. The summed E-state index contributed by atoms with van der Waals surface area (Å²) in [6.07, 6.45) is 0. The predicted molar refractivity (Wildman–Crippen MR) is 61.9 cm³/mol. The molecule has 0 bridgehead atoms. The lowest BCUT2D eigenvalue weighted by molar-refractivity contribution is -0.386. The van der Waals surface area contributed by atoms with Crippen molar-refractivity contribution in [2.75, 3.05) is 5.73 Å². The predicted octanol–water partition coefficient (Wildman–Crippen LogP) is 1.37. The summed E-state index contributed by atoms with van der Waals surface area (Å²) in [6.45, 7) is 3.22. The van der Waals surface area contributed by atoms with Gasteiger partial charge in [0.2, 0.25) is 0 Å². The van der Waals surface area contributed by atoms with Gasteiger partial charge in [-0.2, -0.15) is 5.10 Å². The number of anilines is 1. The molecule has 0 fully saturated rings. The Kier molecular flexibility index (Phi) is 2.51. The Balaban J connectivity index is 2.62. The molecule has 0 aliphatic rings. The topological polar surface area (TPSA) is 99.9 Å². The maximum atomic E-state index is 10.9. The molecule has 0 aliphatic heterocycles. The van der Waals surface area contributed by atoms with Crippen LogP contribution in [0, 0.1) is 24.0 Å². The highest BCUT2D eigenvalue weighted by molar-refractivity contribution is 5.44. The van der Waals surface area contributed by atoms with Crippen molar-refractivity contribution in [3.8, 4) is 5.82 Å². The van der Waals surface area contributed by atoms with Crippen LogP contribution in [0.4, 0.5) is 11.5 Å². The number of hydrogen-bond donors (Lipinski definition) is 1. The highest BCUT2D eigenvalue weighted by atomic mass is 16.6. The van der Waals surface area contributed by atoms with E-state index in [4.69, 9.17) is 5.73 Å². The first-order chi connectivity index (χ1) is 8.00. The Morgan fingerprint density at radius 1 is 1.41 bits per heavy atom. The van der Waals surface area contributed by atoms with Crippen LogP contribution in [0.15, 0.2) is 18.2 Å². The number of hydrogen-bond acceptors (Lipinski definition) is 5. The van der Waals surface area contributed by atoms with Crippen molar-refractivity contribution < 1.29 is 4.92 Å². The minimum atomic E-state index is -0.444. The second-order valence-corrected chi connectivity index (χ2v) is 3.61. The van der Waals surface area contributed by atoms with E-state index in [9.17, 15) is 10.1 Å². The van der Waals surface area contributed by atoms with Crippen LogP contribution in [-0.4, -0.2) is 19.7 Å². The van der Waals surface area contributed by atoms with Crippen molar-refractivity contribution in [2.24, 2.45) is 0 Å². The third-order valence-electron chi connectivity index (χ3n) is 2.41. The van der Waals surface area contributed by atoms with E-state index in [1.165, 1.54) is 4.68 Å². The Morgan fingerprint density at radius 2 is 2.12 bits per heavy atom. The van der Waals surface area contributed by atoms with Gasteiger partial charge in [0, 0.05) is 0 Å². The summed E-state index contributed by atoms with van der Waals surface area (Å²) in [5.41, 5.74) is 6.37. The third-order valence-corrected chi connectivity index (χ3v) is 2.41. The lowest BCUT2D eigenvalue weighted by Crippen LogP contribution is -2.03. The number of aromatic nitrogens is 3. The number of nitrogens with two attached hydrogens (primary N) is 1. The molecule has 0 atom stereocenters. The van der Waals surface area contributed by atoms with Crippen LogP contribution in [0.25, 0.3) is 5.82 Å². The van der Waals surface area contributed by atoms with Gasteiger partial charge < -0.3 is 5.73 Å². The highest BCUT2D eigenvalue weighted by Crippen LogP contribution is 2.24. The zero-order chi connectivity index (χ0) is 12.6. The molecule has 0 unspecified atom stereocenters. The monoisotopic (exact) mass is 233 g/mol. The molecule has 2 aromatic heterocycles. The fourth-order valence-electron chi connectivity index (χ4n) is 1.68. The first-order valence-electron chi connectivity index (χ1n) is 4.94. The van der Waals surface area contributed by atoms with E-state index in [1.54, 1.807) is 32.0 Å². The molecule has 0 saturated heterocycles. The van der Waals surface area contributed by atoms with Gasteiger partial charge in [-0.1, -0.05) is 6.07 Å². The lowest BCUT2D eigenvalue weighted by Gasteiger charge is -2.02. The summed E-state index contributed by atoms with van der Waals surface area (Å²) in [6, 6.07) is 5.06. The van der Waals surface area contributed by atoms with Crippen LogP contribution in [0.3, 0.4) is 0 Å². The van der Waals surface area contributed by atoms with Gasteiger partial charge in [0.25, 0.3) is 0 Å². The molecule has 2 rings (SSSR count). The first kappa shape index (κ1) is 11.1. The molecule has 17 heavy (non-hydrogen) atoms. The third kappa shape index (κ3) is 1.82. The number of pyridine rings is 1. The molecule has 2 aromatic rings. The largest absolute Gasteiger partial charge is 0.384 e. The Bertz CT molecular complexity index is 590. The summed E-state index contributed by atoms with van der Waals surface area (Å²) in [5, 5.41) is 15.0. The molecule has 2 heterocycles. The van der Waals surface area contributed by atoms with Crippen molar-refractivity contribution in [1.29, 1.82) is 0 Å². The SMILES string of the molecule is Cc1nn(-c2cccc(N)n2)c(C)c1[N+](=O)[O-]. The zero-order valence-corrected chi connectivity index (χ0v) is 9.41. The second kappa shape index (κ2) is 3.85. The average Bonchev–Trinajstić information content (AvgIpc) is 2.54. The van der Waals surface area contributed by atoms with E-state index in [0.29, 0.717) is 23.0 Å². The Hall–Kier alpha value is -2.44. The zero-order valence-electron chi connectivity index (χ0n) is 9.41. The number of nitrogens with zero attached hydrogens (tertiary/aromatic N) is 4. The molecular weight excluding hydrogens is 222 g/mol.